The van der Waals surface area contributed by atoms with Crippen LogP contribution in [0.4, 0.5) is 5.69 Å². The largest absolute Gasteiger partial charge is 0.378 e. The van der Waals surface area contributed by atoms with Crippen LogP contribution in [0.15, 0.2) is 12.1 Å². The molecular formula is C16H22ClN3O2S. The smallest absolute Gasteiger partial charge is 0.242 e. The summed E-state index contributed by atoms with van der Waals surface area (Å²) < 4.78 is 5.26. The molecule has 5 nitrogen and oxygen atoms in total. The van der Waals surface area contributed by atoms with E-state index in [0.29, 0.717) is 36.4 Å². The van der Waals surface area contributed by atoms with Crippen molar-refractivity contribution in [1.29, 1.82) is 0 Å². The van der Waals surface area contributed by atoms with Crippen LogP contribution in [0.25, 0.3) is 0 Å². The summed E-state index contributed by atoms with van der Waals surface area (Å²) in [5, 5.41) is 4.24. The minimum Gasteiger partial charge on any atom is -0.378 e. The molecule has 1 amide bonds. The van der Waals surface area contributed by atoms with E-state index in [2.05, 4.69) is 5.32 Å². The van der Waals surface area contributed by atoms with Gasteiger partial charge in [0.05, 0.1) is 30.5 Å². The van der Waals surface area contributed by atoms with Gasteiger partial charge in [0.2, 0.25) is 5.91 Å². The number of nitrogens with zero attached hydrogens (tertiary/aromatic N) is 2. The summed E-state index contributed by atoms with van der Waals surface area (Å²) in [7, 11) is 1.80. The lowest BCUT2D eigenvalue weighted by molar-refractivity contribution is -0.135. The first-order valence-corrected chi connectivity index (χ1v) is 8.31. The summed E-state index contributed by atoms with van der Waals surface area (Å²) in [5.41, 5.74) is 2.90. The van der Waals surface area contributed by atoms with Gasteiger partial charge < -0.3 is 19.9 Å². The molecule has 0 saturated carbocycles. The fraction of sp³-hybridized carbons (Fsp3) is 0.500. The third-order valence-corrected chi connectivity index (χ3v) is 4.46. The molecule has 0 aliphatic carbocycles. The van der Waals surface area contributed by atoms with E-state index in [1.807, 2.05) is 26.0 Å². The number of ether oxygens (including phenoxy) is 1. The molecule has 0 unspecified atom stereocenters. The molecule has 7 heteroatoms. The minimum absolute atomic E-state index is 0.0478. The molecule has 0 spiro atoms. The molecule has 0 atom stereocenters. The standard InChI is InChI=1S/C16H22ClN3O2S/c1-11-8-12(2)15(13(17)9-11)18-16(23)19(3)10-14(21)20-4-6-22-7-5-20/h8-9H,4-7,10H2,1-3H3,(H,18,23). The number of amides is 1. The highest BCUT2D eigenvalue weighted by molar-refractivity contribution is 7.80. The third kappa shape index (κ3) is 4.80. The van der Waals surface area contributed by atoms with Gasteiger partial charge in [-0.25, -0.2) is 0 Å². The van der Waals surface area contributed by atoms with Crippen LogP contribution in [-0.2, 0) is 9.53 Å². The molecule has 1 aliphatic heterocycles. The van der Waals surface area contributed by atoms with Crippen molar-refractivity contribution in [3.8, 4) is 0 Å². The Morgan fingerprint density at radius 1 is 1.39 bits per heavy atom. The van der Waals surface area contributed by atoms with Crippen LogP contribution in [-0.4, -0.2) is 60.7 Å². The fourth-order valence-electron chi connectivity index (χ4n) is 2.46. The van der Waals surface area contributed by atoms with Crippen molar-refractivity contribution in [2.75, 3.05) is 45.2 Å². The first-order valence-electron chi connectivity index (χ1n) is 7.53. The Kier molecular flexibility index (Phi) is 6.21. The molecule has 23 heavy (non-hydrogen) atoms. The highest BCUT2D eigenvalue weighted by Crippen LogP contribution is 2.27. The van der Waals surface area contributed by atoms with Gasteiger partial charge in [0.25, 0.3) is 0 Å². The second kappa shape index (κ2) is 7.95. The summed E-state index contributed by atoms with van der Waals surface area (Å²) in [6.45, 7) is 6.66. The molecule has 1 aromatic carbocycles. The van der Waals surface area contributed by atoms with Crippen LogP contribution < -0.4 is 5.32 Å². The second-order valence-electron chi connectivity index (χ2n) is 5.72. The number of benzene rings is 1. The number of carbonyl (C=O) groups excluding carboxylic acids is 1. The van der Waals surface area contributed by atoms with Crippen LogP contribution >= 0.6 is 23.8 Å². The summed E-state index contributed by atoms with van der Waals surface area (Å²) in [4.78, 5) is 15.8. The first-order chi connectivity index (χ1) is 10.9. The molecule has 0 radical (unpaired) electrons. The van der Waals surface area contributed by atoms with Gasteiger partial charge in [-0.15, -0.1) is 0 Å². The molecule has 1 aliphatic rings. The Bertz CT molecular complexity index is 580. The van der Waals surface area contributed by atoms with Crippen LogP contribution in [0.1, 0.15) is 11.1 Å². The van der Waals surface area contributed by atoms with Crippen LogP contribution in [0.2, 0.25) is 5.02 Å². The van der Waals surface area contributed by atoms with E-state index >= 15 is 0 Å². The molecule has 0 aromatic heterocycles. The van der Waals surface area contributed by atoms with Crippen molar-refractivity contribution < 1.29 is 9.53 Å². The zero-order chi connectivity index (χ0) is 17.0. The normalized spacial score (nSPS) is 14.5. The molecule has 1 N–H and O–H groups in total. The molecule has 126 valence electrons. The highest BCUT2D eigenvalue weighted by atomic mass is 35.5. The highest BCUT2D eigenvalue weighted by Gasteiger charge is 2.19. The molecule has 1 saturated heterocycles. The van der Waals surface area contributed by atoms with Crippen molar-refractivity contribution in [3.05, 3.63) is 28.3 Å². The SMILES string of the molecule is Cc1cc(C)c(NC(=S)N(C)CC(=O)N2CCOCC2)c(Cl)c1. The fourth-order valence-corrected chi connectivity index (χ4v) is 3.00. The van der Waals surface area contributed by atoms with Crippen molar-refractivity contribution >= 4 is 40.5 Å². The van der Waals surface area contributed by atoms with Crippen molar-refractivity contribution in [2.45, 2.75) is 13.8 Å². The summed E-state index contributed by atoms with van der Waals surface area (Å²) in [5.74, 6) is 0.0478. The van der Waals surface area contributed by atoms with Crippen LogP contribution in [0.5, 0.6) is 0 Å². The number of halogens is 1. The van der Waals surface area contributed by atoms with Gasteiger partial charge in [0.1, 0.15) is 0 Å². The van der Waals surface area contributed by atoms with Crippen molar-refractivity contribution in [1.82, 2.24) is 9.80 Å². The van der Waals surface area contributed by atoms with Gasteiger partial charge in [0.15, 0.2) is 5.11 Å². The van der Waals surface area contributed by atoms with Gasteiger partial charge in [-0.05, 0) is 43.3 Å². The molecule has 0 bridgehead atoms. The maximum atomic E-state index is 12.3. The number of thiocarbonyl (C=S) groups is 1. The van der Waals surface area contributed by atoms with E-state index in [0.717, 1.165) is 16.8 Å². The second-order valence-corrected chi connectivity index (χ2v) is 6.51. The number of morpholine rings is 1. The third-order valence-electron chi connectivity index (χ3n) is 3.75. The molecule has 2 rings (SSSR count). The summed E-state index contributed by atoms with van der Waals surface area (Å²) in [6, 6.07) is 3.92. The number of likely N-dealkylation sites (N-methyl/N-ethyl adjacent to an activating group) is 1. The number of hydrogen-bond acceptors (Lipinski definition) is 3. The quantitative estimate of drug-likeness (QED) is 0.844. The van der Waals surface area contributed by atoms with Gasteiger partial charge >= 0.3 is 0 Å². The van der Waals surface area contributed by atoms with Gasteiger partial charge in [-0.1, -0.05) is 17.7 Å². The van der Waals surface area contributed by atoms with Crippen molar-refractivity contribution in [2.24, 2.45) is 0 Å². The monoisotopic (exact) mass is 355 g/mol. The lowest BCUT2D eigenvalue weighted by Gasteiger charge is -2.29. The van der Waals surface area contributed by atoms with E-state index < -0.39 is 0 Å². The minimum atomic E-state index is 0.0478. The zero-order valence-electron chi connectivity index (χ0n) is 13.7. The predicted molar refractivity (Wildman–Crippen MR) is 97.2 cm³/mol. The van der Waals surface area contributed by atoms with Gasteiger partial charge in [-0.3, -0.25) is 4.79 Å². The maximum absolute atomic E-state index is 12.3. The average molecular weight is 356 g/mol. The summed E-state index contributed by atoms with van der Waals surface area (Å²) >= 11 is 11.7. The molecular weight excluding hydrogens is 334 g/mol. The molecule has 1 fully saturated rings. The lowest BCUT2D eigenvalue weighted by atomic mass is 10.1. The number of anilines is 1. The van der Waals surface area contributed by atoms with E-state index in [1.54, 1.807) is 16.8 Å². The van der Waals surface area contributed by atoms with Crippen molar-refractivity contribution in [3.63, 3.8) is 0 Å². The summed E-state index contributed by atoms with van der Waals surface area (Å²) in [6.07, 6.45) is 0. The number of rotatable bonds is 3. The van der Waals surface area contributed by atoms with Gasteiger partial charge in [-0.2, -0.15) is 0 Å². The molecule has 1 heterocycles. The Morgan fingerprint density at radius 3 is 2.65 bits per heavy atom. The number of nitrogens with one attached hydrogen (secondary N) is 1. The predicted octanol–water partition coefficient (Wildman–Crippen LogP) is 2.44. The zero-order valence-corrected chi connectivity index (χ0v) is 15.3. The Hall–Kier alpha value is -1.37. The average Bonchev–Trinajstić information content (AvgIpc) is 2.51. The van der Waals surface area contributed by atoms with E-state index in [1.165, 1.54) is 0 Å². The van der Waals surface area contributed by atoms with Crippen LogP contribution in [0.3, 0.4) is 0 Å². The van der Waals surface area contributed by atoms with E-state index in [4.69, 9.17) is 28.6 Å². The Labute approximate surface area is 147 Å². The number of hydrogen-bond donors (Lipinski definition) is 1. The van der Waals surface area contributed by atoms with E-state index in [-0.39, 0.29) is 12.5 Å². The lowest BCUT2D eigenvalue weighted by Crippen LogP contribution is -2.46. The maximum Gasteiger partial charge on any atom is 0.242 e. The van der Waals surface area contributed by atoms with E-state index in [9.17, 15) is 4.79 Å². The Morgan fingerprint density at radius 2 is 2.04 bits per heavy atom. The van der Waals surface area contributed by atoms with Crippen LogP contribution in [0, 0.1) is 13.8 Å². The number of carbonyl (C=O) groups is 1. The first kappa shape index (κ1) is 18.0. The Balaban J connectivity index is 1.96. The van der Waals surface area contributed by atoms with Gasteiger partial charge in [0, 0.05) is 20.1 Å². The topological polar surface area (TPSA) is 44.8 Å². The molecule has 1 aromatic rings. The number of aryl methyl sites for hydroxylation is 2.